The molecule has 3 rings (SSSR count). The first-order chi connectivity index (χ1) is 10.3. The Kier molecular flexibility index (Phi) is 4.20. The van der Waals surface area contributed by atoms with Crippen LogP contribution in [0, 0.1) is 0 Å². The lowest BCUT2D eigenvalue weighted by Crippen LogP contribution is -2.15. The third-order valence-electron chi connectivity index (χ3n) is 4.16. The van der Waals surface area contributed by atoms with Gasteiger partial charge in [-0.3, -0.25) is 4.98 Å². The maximum absolute atomic E-state index is 6.34. The predicted molar refractivity (Wildman–Crippen MR) is 84.5 cm³/mol. The maximum atomic E-state index is 6.34. The SMILES string of the molecule is CCc1cccnc1C(N)CCc1ccc2c(c1)CCO2. The molecule has 0 fully saturated rings. The molecule has 3 heteroatoms. The first kappa shape index (κ1) is 14.1. The minimum atomic E-state index is 0.00524. The highest BCUT2D eigenvalue weighted by Crippen LogP contribution is 2.27. The molecule has 2 N–H and O–H groups in total. The number of aromatic nitrogens is 1. The maximum Gasteiger partial charge on any atom is 0.122 e. The number of hydrogen-bond acceptors (Lipinski definition) is 3. The number of pyridine rings is 1. The van der Waals surface area contributed by atoms with Crippen LogP contribution in [0.5, 0.6) is 5.75 Å². The molecule has 1 aliphatic rings. The van der Waals surface area contributed by atoms with Gasteiger partial charge in [0.1, 0.15) is 5.75 Å². The van der Waals surface area contributed by atoms with E-state index in [4.69, 9.17) is 10.5 Å². The Hall–Kier alpha value is -1.87. The van der Waals surface area contributed by atoms with Crippen LogP contribution in [-0.4, -0.2) is 11.6 Å². The molecule has 2 aromatic rings. The summed E-state index contributed by atoms with van der Waals surface area (Å²) in [6, 6.07) is 10.6. The molecule has 0 amide bonds. The largest absolute Gasteiger partial charge is 0.493 e. The number of nitrogens with zero attached hydrogens (tertiary/aromatic N) is 1. The van der Waals surface area contributed by atoms with Crippen molar-refractivity contribution in [1.29, 1.82) is 0 Å². The molecule has 1 atom stereocenters. The smallest absolute Gasteiger partial charge is 0.122 e. The van der Waals surface area contributed by atoms with Crippen LogP contribution >= 0.6 is 0 Å². The van der Waals surface area contributed by atoms with Gasteiger partial charge in [-0.05, 0) is 48.1 Å². The highest BCUT2D eigenvalue weighted by atomic mass is 16.5. The average Bonchev–Trinajstić information content (AvgIpc) is 3.00. The van der Waals surface area contributed by atoms with Crippen LogP contribution in [0.3, 0.4) is 0 Å². The van der Waals surface area contributed by atoms with Crippen molar-refractivity contribution >= 4 is 0 Å². The molecule has 0 aliphatic carbocycles. The second-order valence-electron chi connectivity index (χ2n) is 5.59. The van der Waals surface area contributed by atoms with Gasteiger partial charge in [-0.1, -0.05) is 25.1 Å². The van der Waals surface area contributed by atoms with Crippen LogP contribution in [-0.2, 0) is 19.3 Å². The van der Waals surface area contributed by atoms with Gasteiger partial charge in [0.15, 0.2) is 0 Å². The molecule has 3 nitrogen and oxygen atoms in total. The van der Waals surface area contributed by atoms with E-state index >= 15 is 0 Å². The Balaban J connectivity index is 1.67. The zero-order valence-electron chi connectivity index (χ0n) is 12.5. The van der Waals surface area contributed by atoms with E-state index in [0.29, 0.717) is 0 Å². The standard InChI is InChI=1S/C18H22N2O/c1-2-14-4-3-10-20-18(14)16(19)7-5-13-6-8-17-15(12-13)9-11-21-17/h3-4,6,8,10,12,16H,2,5,7,9,11,19H2,1H3. The zero-order valence-corrected chi connectivity index (χ0v) is 12.5. The number of hydrogen-bond donors (Lipinski definition) is 1. The van der Waals surface area contributed by atoms with Crippen LogP contribution in [0.1, 0.15) is 41.8 Å². The van der Waals surface area contributed by atoms with Crippen LogP contribution in [0.2, 0.25) is 0 Å². The van der Waals surface area contributed by atoms with Gasteiger partial charge < -0.3 is 10.5 Å². The lowest BCUT2D eigenvalue weighted by atomic mass is 9.98. The summed E-state index contributed by atoms with van der Waals surface area (Å²) in [5, 5.41) is 0. The van der Waals surface area contributed by atoms with E-state index in [-0.39, 0.29) is 6.04 Å². The predicted octanol–water partition coefficient (Wildman–Crippen LogP) is 3.21. The van der Waals surface area contributed by atoms with E-state index in [2.05, 4.69) is 36.2 Å². The molecule has 0 spiro atoms. The fourth-order valence-corrected chi connectivity index (χ4v) is 2.94. The summed E-state index contributed by atoms with van der Waals surface area (Å²) in [7, 11) is 0. The zero-order chi connectivity index (χ0) is 14.7. The van der Waals surface area contributed by atoms with E-state index in [1.54, 1.807) is 0 Å². The quantitative estimate of drug-likeness (QED) is 0.916. The Morgan fingerprint density at radius 3 is 3.10 bits per heavy atom. The molecule has 110 valence electrons. The van der Waals surface area contributed by atoms with Gasteiger partial charge in [0.2, 0.25) is 0 Å². The number of ether oxygens (including phenoxy) is 1. The third kappa shape index (κ3) is 3.08. The van der Waals surface area contributed by atoms with Crippen LogP contribution < -0.4 is 10.5 Å². The Bertz CT molecular complexity index is 624. The Morgan fingerprint density at radius 1 is 1.33 bits per heavy atom. The van der Waals surface area contributed by atoms with Gasteiger partial charge in [0.25, 0.3) is 0 Å². The molecule has 1 aromatic carbocycles. The molecule has 0 saturated heterocycles. The molecular weight excluding hydrogens is 260 g/mol. The lowest BCUT2D eigenvalue weighted by Gasteiger charge is -2.14. The molecule has 1 aliphatic heterocycles. The van der Waals surface area contributed by atoms with Crippen molar-refractivity contribution in [3.05, 3.63) is 58.9 Å². The summed E-state index contributed by atoms with van der Waals surface area (Å²) >= 11 is 0. The molecule has 1 unspecified atom stereocenters. The minimum Gasteiger partial charge on any atom is -0.493 e. The van der Waals surface area contributed by atoms with E-state index in [1.165, 1.54) is 16.7 Å². The first-order valence-corrected chi connectivity index (χ1v) is 7.72. The normalized spacial score (nSPS) is 14.6. The number of benzene rings is 1. The van der Waals surface area contributed by atoms with Crippen LogP contribution in [0.25, 0.3) is 0 Å². The lowest BCUT2D eigenvalue weighted by molar-refractivity contribution is 0.357. The second-order valence-corrected chi connectivity index (χ2v) is 5.59. The topological polar surface area (TPSA) is 48.1 Å². The average molecular weight is 282 g/mol. The summed E-state index contributed by atoms with van der Waals surface area (Å²) in [5.74, 6) is 1.04. The summed E-state index contributed by atoms with van der Waals surface area (Å²) in [5.41, 5.74) is 11.3. The highest BCUT2D eigenvalue weighted by molar-refractivity contribution is 5.39. The molecule has 1 aromatic heterocycles. The summed E-state index contributed by atoms with van der Waals surface area (Å²) in [4.78, 5) is 4.47. The van der Waals surface area contributed by atoms with E-state index in [0.717, 1.165) is 43.7 Å². The summed E-state index contributed by atoms with van der Waals surface area (Å²) in [6.45, 7) is 2.96. The van der Waals surface area contributed by atoms with Crippen molar-refractivity contribution in [2.45, 2.75) is 38.6 Å². The Morgan fingerprint density at radius 2 is 2.24 bits per heavy atom. The van der Waals surface area contributed by atoms with Crippen molar-refractivity contribution in [1.82, 2.24) is 4.98 Å². The van der Waals surface area contributed by atoms with E-state index < -0.39 is 0 Å². The minimum absolute atomic E-state index is 0.00524. The van der Waals surface area contributed by atoms with Crippen molar-refractivity contribution in [3.8, 4) is 5.75 Å². The molecule has 0 saturated carbocycles. The summed E-state index contributed by atoms with van der Waals surface area (Å²) < 4.78 is 5.54. The fourth-order valence-electron chi connectivity index (χ4n) is 2.94. The number of aryl methyl sites for hydroxylation is 2. The van der Waals surface area contributed by atoms with Gasteiger partial charge in [0.05, 0.1) is 12.3 Å². The van der Waals surface area contributed by atoms with Gasteiger partial charge in [0, 0.05) is 18.7 Å². The van der Waals surface area contributed by atoms with Crippen molar-refractivity contribution in [2.75, 3.05) is 6.61 Å². The number of nitrogens with two attached hydrogens (primary N) is 1. The summed E-state index contributed by atoms with van der Waals surface area (Å²) in [6.07, 6.45) is 5.74. The van der Waals surface area contributed by atoms with E-state index in [1.807, 2.05) is 12.3 Å². The van der Waals surface area contributed by atoms with Crippen molar-refractivity contribution in [3.63, 3.8) is 0 Å². The molecular formula is C18H22N2O. The fraction of sp³-hybridized carbons (Fsp3) is 0.389. The van der Waals surface area contributed by atoms with Gasteiger partial charge in [-0.15, -0.1) is 0 Å². The molecule has 21 heavy (non-hydrogen) atoms. The number of rotatable bonds is 5. The molecule has 0 bridgehead atoms. The molecule has 0 radical (unpaired) electrons. The van der Waals surface area contributed by atoms with Gasteiger partial charge >= 0.3 is 0 Å². The van der Waals surface area contributed by atoms with Crippen LogP contribution in [0.4, 0.5) is 0 Å². The third-order valence-corrected chi connectivity index (χ3v) is 4.16. The monoisotopic (exact) mass is 282 g/mol. The Labute approximate surface area is 126 Å². The van der Waals surface area contributed by atoms with Gasteiger partial charge in [-0.25, -0.2) is 0 Å². The highest BCUT2D eigenvalue weighted by Gasteiger charge is 2.14. The molecule has 2 heterocycles. The van der Waals surface area contributed by atoms with Gasteiger partial charge in [-0.2, -0.15) is 0 Å². The second kappa shape index (κ2) is 6.27. The van der Waals surface area contributed by atoms with E-state index in [9.17, 15) is 0 Å². The van der Waals surface area contributed by atoms with Crippen molar-refractivity contribution < 1.29 is 4.74 Å². The van der Waals surface area contributed by atoms with Crippen molar-refractivity contribution in [2.24, 2.45) is 5.73 Å². The first-order valence-electron chi connectivity index (χ1n) is 7.72. The number of fused-ring (bicyclic) bond motifs is 1. The van der Waals surface area contributed by atoms with Crippen LogP contribution in [0.15, 0.2) is 36.5 Å².